The fourth-order valence-corrected chi connectivity index (χ4v) is 4.76. The first kappa shape index (κ1) is 25.1. The normalized spacial score (nSPS) is 16.1. The molecule has 1 fully saturated rings. The number of H-pyrrole nitrogens is 1. The molecule has 1 saturated carbocycles. The molecule has 0 aliphatic heterocycles. The van der Waals surface area contributed by atoms with Crippen molar-refractivity contribution in [2.45, 2.75) is 50.9 Å². The number of likely N-dealkylation sites (N-methyl/N-ethyl adjacent to an activating group) is 1. The van der Waals surface area contributed by atoms with E-state index >= 15 is 0 Å². The third kappa shape index (κ3) is 6.36. The molecule has 3 N–H and O–H groups in total. The molecular formula is C28H37N5O2. The lowest BCUT2D eigenvalue weighted by Crippen LogP contribution is -2.37. The Morgan fingerprint density at radius 1 is 1.09 bits per heavy atom. The molecule has 35 heavy (non-hydrogen) atoms. The van der Waals surface area contributed by atoms with E-state index in [9.17, 15) is 9.90 Å². The molecule has 0 spiro atoms. The summed E-state index contributed by atoms with van der Waals surface area (Å²) in [5.41, 5.74) is 4.57. The molecule has 1 aromatic heterocycles. The van der Waals surface area contributed by atoms with Crippen molar-refractivity contribution >= 4 is 5.91 Å². The van der Waals surface area contributed by atoms with E-state index in [2.05, 4.69) is 32.2 Å². The maximum absolute atomic E-state index is 12.9. The zero-order valence-corrected chi connectivity index (χ0v) is 20.9. The SMILES string of the molecule is C[C@H](c1cccc(C(=O)NC2CCCC2)c1)N(CCN(C)C)C(O)c1ccc(-c2cn[nH]c2)cc1. The van der Waals surface area contributed by atoms with Crippen molar-refractivity contribution in [2.24, 2.45) is 0 Å². The average molecular weight is 476 g/mol. The van der Waals surface area contributed by atoms with Crippen LogP contribution in [0.15, 0.2) is 60.9 Å². The molecule has 2 aromatic carbocycles. The van der Waals surface area contributed by atoms with Gasteiger partial charge in [-0.25, -0.2) is 0 Å². The van der Waals surface area contributed by atoms with E-state index in [1.807, 2.05) is 68.8 Å². The molecule has 1 aliphatic carbocycles. The van der Waals surface area contributed by atoms with Crippen LogP contribution in [-0.4, -0.2) is 64.2 Å². The highest BCUT2D eigenvalue weighted by Gasteiger charge is 2.25. The molecule has 2 atom stereocenters. The molecule has 0 bridgehead atoms. The van der Waals surface area contributed by atoms with Crippen molar-refractivity contribution in [2.75, 3.05) is 27.2 Å². The number of carbonyl (C=O) groups excluding carboxylic acids is 1. The smallest absolute Gasteiger partial charge is 0.251 e. The van der Waals surface area contributed by atoms with Gasteiger partial charge in [-0.15, -0.1) is 0 Å². The zero-order chi connectivity index (χ0) is 24.8. The van der Waals surface area contributed by atoms with Crippen molar-refractivity contribution in [1.82, 2.24) is 25.3 Å². The van der Waals surface area contributed by atoms with Crippen LogP contribution in [0.4, 0.5) is 0 Å². The number of rotatable bonds is 10. The summed E-state index contributed by atoms with van der Waals surface area (Å²) in [5.74, 6) is -0.0128. The van der Waals surface area contributed by atoms with Crippen LogP contribution < -0.4 is 5.32 Å². The fourth-order valence-electron chi connectivity index (χ4n) is 4.76. The molecular weight excluding hydrogens is 438 g/mol. The Bertz CT molecular complexity index is 1070. The highest BCUT2D eigenvalue weighted by molar-refractivity contribution is 5.94. The summed E-state index contributed by atoms with van der Waals surface area (Å²) in [6.45, 7) is 3.57. The van der Waals surface area contributed by atoms with Gasteiger partial charge in [0, 0.05) is 42.5 Å². The van der Waals surface area contributed by atoms with Crippen molar-refractivity contribution < 1.29 is 9.90 Å². The Kier molecular flexibility index (Phi) is 8.33. The highest BCUT2D eigenvalue weighted by Crippen LogP contribution is 2.30. The number of aromatic amines is 1. The first-order valence-electron chi connectivity index (χ1n) is 12.5. The predicted octanol–water partition coefficient (Wildman–Crippen LogP) is 4.36. The molecule has 0 radical (unpaired) electrons. The number of aliphatic hydroxyl groups is 1. The summed E-state index contributed by atoms with van der Waals surface area (Å²) in [4.78, 5) is 17.1. The molecule has 7 heteroatoms. The molecule has 3 aromatic rings. The van der Waals surface area contributed by atoms with Gasteiger partial charge in [-0.3, -0.25) is 14.8 Å². The van der Waals surface area contributed by atoms with Gasteiger partial charge in [0.2, 0.25) is 0 Å². The number of hydrogen-bond acceptors (Lipinski definition) is 5. The molecule has 186 valence electrons. The van der Waals surface area contributed by atoms with Crippen LogP contribution in [0, 0.1) is 0 Å². The number of amides is 1. The average Bonchev–Trinajstić information content (AvgIpc) is 3.59. The molecule has 7 nitrogen and oxygen atoms in total. The van der Waals surface area contributed by atoms with Crippen molar-refractivity contribution in [3.8, 4) is 11.1 Å². The quantitative estimate of drug-likeness (QED) is 0.379. The largest absolute Gasteiger partial charge is 0.374 e. The minimum atomic E-state index is -0.778. The summed E-state index contributed by atoms with van der Waals surface area (Å²) in [6.07, 6.45) is 7.35. The second-order valence-electron chi connectivity index (χ2n) is 9.78. The van der Waals surface area contributed by atoms with Crippen molar-refractivity contribution in [1.29, 1.82) is 0 Å². The number of nitrogens with one attached hydrogen (secondary N) is 2. The lowest BCUT2D eigenvalue weighted by atomic mass is 10.0. The number of nitrogens with zero attached hydrogens (tertiary/aromatic N) is 3. The second kappa shape index (κ2) is 11.6. The third-order valence-electron chi connectivity index (χ3n) is 6.98. The van der Waals surface area contributed by atoms with Crippen LogP contribution in [0.2, 0.25) is 0 Å². The third-order valence-corrected chi connectivity index (χ3v) is 6.98. The number of hydrogen-bond donors (Lipinski definition) is 3. The Morgan fingerprint density at radius 3 is 2.49 bits per heavy atom. The van der Waals surface area contributed by atoms with Gasteiger partial charge in [0.05, 0.1) is 6.20 Å². The standard InChI is InChI=1S/C28H37N5O2/c1-20(23-7-6-8-24(17-23)27(34)31-26-9-4-5-10-26)33(16-15-32(2)3)28(35)22-13-11-21(12-14-22)25-18-29-30-19-25/h6-8,11-14,17-20,26,28,35H,4-5,9-10,15-16H2,1-3H3,(H,29,30)(H,31,34)/t20-,28?/m1/s1. The van der Waals surface area contributed by atoms with E-state index in [1.165, 1.54) is 12.8 Å². The zero-order valence-electron chi connectivity index (χ0n) is 20.9. The van der Waals surface area contributed by atoms with Gasteiger partial charge in [-0.2, -0.15) is 5.10 Å². The van der Waals surface area contributed by atoms with E-state index in [4.69, 9.17) is 0 Å². The molecule has 1 aliphatic rings. The maximum Gasteiger partial charge on any atom is 0.251 e. The number of aromatic nitrogens is 2. The molecule has 1 heterocycles. The highest BCUT2D eigenvalue weighted by atomic mass is 16.3. The second-order valence-corrected chi connectivity index (χ2v) is 9.78. The lowest BCUT2D eigenvalue weighted by Gasteiger charge is -2.35. The van der Waals surface area contributed by atoms with E-state index in [0.717, 1.165) is 41.6 Å². The first-order valence-corrected chi connectivity index (χ1v) is 12.5. The van der Waals surface area contributed by atoms with Gasteiger partial charge in [0.1, 0.15) is 6.23 Å². The summed E-state index contributed by atoms with van der Waals surface area (Å²) < 4.78 is 0. The van der Waals surface area contributed by atoms with Gasteiger partial charge in [0.25, 0.3) is 5.91 Å². The van der Waals surface area contributed by atoms with Gasteiger partial charge in [0.15, 0.2) is 0 Å². The van der Waals surface area contributed by atoms with Gasteiger partial charge >= 0.3 is 0 Å². The Balaban J connectivity index is 1.53. The predicted molar refractivity (Wildman–Crippen MR) is 139 cm³/mol. The number of benzene rings is 2. The minimum absolute atomic E-state index is 0.0128. The van der Waals surface area contributed by atoms with Gasteiger partial charge in [-0.05, 0) is 62.7 Å². The summed E-state index contributed by atoms with van der Waals surface area (Å²) >= 11 is 0. The molecule has 1 unspecified atom stereocenters. The van der Waals surface area contributed by atoms with E-state index in [1.54, 1.807) is 6.20 Å². The Labute approximate surface area is 208 Å². The van der Waals surface area contributed by atoms with Crippen LogP contribution in [0.3, 0.4) is 0 Å². The van der Waals surface area contributed by atoms with Crippen LogP contribution in [-0.2, 0) is 0 Å². The van der Waals surface area contributed by atoms with Crippen LogP contribution in [0.25, 0.3) is 11.1 Å². The summed E-state index contributed by atoms with van der Waals surface area (Å²) in [6, 6.07) is 16.0. The van der Waals surface area contributed by atoms with Gasteiger partial charge < -0.3 is 15.3 Å². The van der Waals surface area contributed by atoms with E-state index < -0.39 is 6.23 Å². The lowest BCUT2D eigenvalue weighted by molar-refractivity contribution is -0.0272. The van der Waals surface area contributed by atoms with Crippen molar-refractivity contribution in [3.05, 3.63) is 77.6 Å². The number of carbonyl (C=O) groups is 1. The molecule has 0 saturated heterocycles. The van der Waals surface area contributed by atoms with Gasteiger partial charge in [-0.1, -0.05) is 49.2 Å². The Hall–Kier alpha value is -3.00. The topological polar surface area (TPSA) is 84.5 Å². The van der Waals surface area contributed by atoms with Crippen LogP contribution >= 0.6 is 0 Å². The van der Waals surface area contributed by atoms with Crippen LogP contribution in [0.1, 0.15) is 66.4 Å². The first-order chi connectivity index (χ1) is 16.9. The van der Waals surface area contributed by atoms with E-state index in [0.29, 0.717) is 12.1 Å². The molecule has 4 rings (SSSR count). The summed E-state index contributed by atoms with van der Waals surface area (Å²) in [7, 11) is 4.06. The molecule has 1 amide bonds. The van der Waals surface area contributed by atoms with Crippen molar-refractivity contribution in [3.63, 3.8) is 0 Å². The van der Waals surface area contributed by atoms with Crippen LogP contribution in [0.5, 0.6) is 0 Å². The van der Waals surface area contributed by atoms with E-state index in [-0.39, 0.29) is 18.0 Å². The maximum atomic E-state index is 12.9. The minimum Gasteiger partial charge on any atom is -0.374 e. The summed E-state index contributed by atoms with van der Waals surface area (Å²) in [5, 5.41) is 21.5. The number of aliphatic hydroxyl groups excluding tert-OH is 1. The Morgan fingerprint density at radius 2 is 1.83 bits per heavy atom. The fraction of sp³-hybridized carbons (Fsp3) is 0.429. The monoisotopic (exact) mass is 475 g/mol.